The van der Waals surface area contributed by atoms with Crippen LogP contribution in [0, 0.1) is 6.92 Å². The average molecular weight is 369 g/mol. The van der Waals surface area contributed by atoms with E-state index in [1.807, 2.05) is 18.2 Å². The zero-order valence-electron chi connectivity index (χ0n) is 14.3. The van der Waals surface area contributed by atoms with Gasteiger partial charge in [0.25, 0.3) is 0 Å². The zero-order valence-corrected chi connectivity index (χ0v) is 15.2. The molecule has 1 aliphatic rings. The SMILES string of the molecule is Cc1nc(-c2cccc(S(=O)(=O)N[C@H]3CCCc4ccccc43)c2)no1. The second kappa shape index (κ2) is 6.66. The number of hydrogen-bond acceptors (Lipinski definition) is 5. The highest BCUT2D eigenvalue weighted by Crippen LogP contribution is 2.31. The minimum atomic E-state index is -3.66. The molecule has 0 spiro atoms. The van der Waals surface area contributed by atoms with E-state index >= 15 is 0 Å². The molecule has 0 fully saturated rings. The van der Waals surface area contributed by atoms with Crippen molar-refractivity contribution in [3.8, 4) is 11.4 Å². The Morgan fingerprint density at radius 2 is 2.00 bits per heavy atom. The molecule has 3 aromatic rings. The molecule has 0 unspecified atom stereocenters. The number of aryl methyl sites for hydroxylation is 2. The van der Waals surface area contributed by atoms with Crippen LogP contribution in [0.1, 0.15) is 35.9 Å². The van der Waals surface area contributed by atoms with Crippen molar-refractivity contribution in [3.63, 3.8) is 0 Å². The lowest BCUT2D eigenvalue weighted by Crippen LogP contribution is -2.31. The van der Waals surface area contributed by atoms with Crippen molar-refractivity contribution < 1.29 is 12.9 Å². The molecule has 1 atom stereocenters. The van der Waals surface area contributed by atoms with Crippen LogP contribution in [-0.2, 0) is 16.4 Å². The molecular weight excluding hydrogens is 350 g/mol. The Morgan fingerprint density at radius 1 is 1.15 bits per heavy atom. The normalized spacial score (nSPS) is 17.0. The molecule has 0 saturated carbocycles. The van der Waals surface area contributed by atoms with E-state index in [9.17, 15) is 8.42 Å². The van der Waals surface area contributed by atoms with Gasteiger partial charge in [-0.15, -0.1) is 0 Å². The Bertz CT molecular complexity index is 1040. The van der Waals surface area contributed by atoms with Crippen molar-refractivity contribution in [2.75, 3.05) is 0 Å². The van der Waals surface area contributed by atoms with Gasteiger partial charge in [-0.05, 0) is 42.5 Å². The van der Waals surface area contributed by atoms with Gasteiger partial charge in [0.15, 0.2) is 0 Å². The number of nitrogens with one attached hydrogen (secondary N) is 1. The maximum absolute atomic E-state index is 12.9. The van der Waals surface area contributed by atoms with Gasteiger partial charge in [0, 0.05) is 18.5 Å². The molecule has 4 rings (SSSR count). The molecule has 1 aliphatic carbocycles. The number of benzene rings is 2. The summed E-state index contributed by atoms with van der Waals surface area (Å²) in [6, 6.07) is 14.4. The molecule has 1 aromatic heterocycles. The Kier molecular flexibility index (Phi) is 4.34. The van der Waals surface area contributed by atoms with E-state index in [2.05, 4.69) is 20.9 Å². The van der Waals surface area contributed by atoms with Gasteiger partial charge in [-0.2, -0.15) is 4.98 Å². The predicted molar refractivity (Wildman–Crippen MR) is 96.9 cm³/mol. The summed E-state index contributed by atoms with van der Waals surface area (Å²) in [7, 11) is -3.66. The van der Waals surface area contributed by atoms with Crippen molar-refractivity contribution >= 4 is 10.0 Å². The molecule has 26 heavy (non-hydrogen) atoms. The summed E-state index contributed by atoms with van der Waals surface area (Å²) in [4.78, 5) is 4.35. The van der Waals surface area contributed by atoms with Crippen molar-refractivity contribution in [2.24, 2.45) is 0 Å². The molecule has 0 amide bonds. The van der Waals surface area contributed by atoms with Crippen LogP contribution in [0.2, 0.25) is 0 Å². The van der Waals surface area contributed by atoms with Gasteiger partial charge in [0.05, 0.1) is 4.90 Å². The maximum Gasteiger partial charge on any atom is 0.241 e. The van der Waals surface area contributed by atoms with E-state index in [0.29, 0.717) is 17.3 Å². The van der Waals surface area contributed by atoms with Crippen LogP contribution in [0.3, 0.4) is 0 Å². The van der Waals surface area contributed by atoms with E-state index in [4.69, 9.17) is 4.52 Å². The second-order valence-electron chi connectivity index (χ2n) is 6.43. The fraction of sp³-hybridized carbons (Fsp3) is 0.263. The van der Waals surface area contributed by atoms with E-state index in [-0.39, 0.29) is 10.9 Å². The summed E-state index contributed by atoms with van der Waals surface area (Å²) in [6.07, 6.45) is 2.74. The monoisotopic (exact) mass is 369 g/mol. The molecule has 6 nitrogen and oxygen atoms in total. The van der Waals surface area contributed by atoms with Gasteiger partial charge in [0.1, 0.15) is 0 Å². The molecule has 1 heterocycles. The molecule has 134 valence electrons. The first-order chi connectivity index (χ1) is 12.5. The Hall–Kier alpha value is -2.51. The topological polar surface area (TPSA) is 85.1 Å². The molecule has 1 N–H and O–H groups in total. The highest BCUT2D eigenvalue weighted by molar-refractivity contribution is 7.89. The summed E-state index contributed by atoms with van der Waals surface area (Å²) < 4.78 is 33.7. The van der Waals surface area contributed by atoms with Gasteiger partial charge < -0.3 is 4.52 Å². The fourth-order valence-electron chi connectivity index (χ4n) is 3.35. The molecular formula is C19H19N3O3S. The van der Waals surface area contributed by atoms with Gasteiger partial charge in [-0.25, -0.2) is 13.1 Å². The summed E-state index contributed by atoms with van der Waals surface area (Å²) in [5, 5.41) is 3.85. The standard InChI is InChI=1S/C19H19N3O3S/c1-13-20-19(21-25-13)15-8-4-9-16(12-15)26(23,24)22-18-11-5-7-14-6-2-3-10-17(14)18/h2-4,6,8-10,12,18,22H,5,7,11H2,1H3/t18-/m0/s1. The first-order valence-electron chi connectivity index (χ1n) is 8.54. The number of aromatic nitrogens is 2. The van der Waals surface area contributed by atoms with Crippen LogP contribution >= 0.6 is 0 Å². The quantitative estimate of drug-likeness (QED) is 0.762. The number of hydrogen-bond donors (Lipinski definition) is 1. The number of nitrogens with zero attached hydrogens (tertiary/aromatic N) is 2. The van der Waals surface area contributed by atoms with Gasteiger partial charge >= 0.3 is 0 Å². The third-order valence-electron chi connectivity index (χ3n) is 4.60. The molecule has 0 aliphatic heterocycles. The first-order valence-corrected chi connectivity index (χ1v) is 10.0. The second-order valence-corrected chi connectivity index (χ2v) is 8.14. The number of fused-ring (bicyclic) bond motifs is 1. The van der Waals surface area contributed by atoms with E-state index in [0.717, 1.165) is 24.8 Å². The fourth-order valence-corrected chi connectivity index (χ4v) is 4.65. The molecule has 0 radical (unpaired) electrons. The third kappa shape index (κ3) is 3.27. The van der Waals surface area contributed by atoms with E-state index < -0.39 is 10.0 Å². The van der Waals surface area contributed by atoms with E-state index in [1.54, 1.807) is 31.2 Å². The number of sulfonamides is 1. The van der Waals surface area contributed by atoms with Gasteiger partial charge in [0.2, 0.25) is 21.7 Å². The van der Waals surface area contributed by atoms with Crippen LogP contribution in [0.25, 0.3) is 11.4 Å². The third-order valence-corrected chi connectivity index (χ3v) is 6.07. The van der Waals surface area contributed by atoms with Crippen LogP contribution in [0.15, 0.2) is 57.9 Å². The lowest BCUT2D eigenvalue weighted by molar-refractivity contribution is 0.394. The summed E-state index contributed by atoms with van der Waals surface area (Å²) >= 11 is 0. The summed E-state index contributed by atoms with van der Waals surface area (Å²) in [6.45, 7) is 1.69. The lowest BCUT2D eigenvalue weighted by Gasteiger charge is -2.26. The largest absolute Gasteiger partial charge is 0.339 e. The molecule has 2 aromatic carbocycles. The highest BCUT2D eigenvalue weighted by Gasteiger charge is 2.26. The minimum absolute atomic E-state index is 0.195. The summed E-state index contributed by atoms with van der Waals surface area (Å²) in [5.41, 5.74) is 2.88. The summed E-state index contributed by atoms with van der Waals surface area (Å²) in [5.74, 6) is 0.813. The van der Waals surface area contributed by atoms with Crippen molar-refractivity contribution in [1.29, 1.82) is 0 Å². The van der Waals surface area contributed by atoms with Crippen LogP contribution < -0.4 is 4.72 Å². The molecule has 0 bridgehead atoms. The lowest BCUT2D eigenvalue weighted by atomic mass is 9.88. The van der Waals surface area contributed by atoms with Gasteiger partial charge in [-0.3, -0.25) is 0 Å². The predicted octanol–water partition coefficient (Wildman–Crippen LogP) is 3.40. The van der Waals surface area contributed by atoms with Gasteiger partial charge in [-0.1, -0.05) is 41.6 Å². The molecule has 7 heteroatoms. The van der Waals surface area contributed by atoms with Crippen molar-refractivity contribution in [3.05, 3.63) is 65.5 Å². The Morgan fingerprint density at radius 3 is 2.81 bits per heavy atom. The van der Waals surface area contributed by atoms with Crippen molar-refractivity contribution in [1.82, 2.24) is 14.9 Å². The minimum Gasteiger partial charge on any atom is -0.339 e. The highest BCUT2D eigenvalue weighted by atomic mass is 32.2. The zero-order chi connectivity index (χ0) is 18.1. The van der Waals surface area contributed by atoms with E-state index in [1.165, 1.54) is 5.56 Å². The van der Waals surface area contributed by atoms with Crippen LogP contribution in [0.4, 0.5) is 0 Å². The average Bonchev–Trinajstić information content (AvgIpc) is 3.08. The van der Waals surface area contributed by atoms with Crippen molar-refractivity contribution in [2.45, 2.75) is 37.1 Å². The Labute approximate surface area is 152 Å². The molecule has 0 saturated heterocycles. The first kappa shape index (κ1) is 16.9. The van der Waals surface area contributed by atoms with Crippen LogP contribution in [0.5, 0.6) is 0 Å². The van der Waals surface area contributed by atoms with Crippen LogP contribution in [-0.4, -0.2) is 18.6 Å². The number of rotatable bonds is 4. The Balaban J connectivity index is 1.64. The maximum atomic E-state index is 12.9. The smallest absolute Gasteiger partial charge is 0.241 e.